The second-order valence-corrected chi connectivity index (χ2v) is 15.2. The number of unbranched alkanes of at least 4 members (excludes halogenated alkanes) is 11. The van der Waals surface area contributed by atoms with Crippen molar-refractivity contribution < 1.29 is 42.1 Å². The van der Waals surface area contributed by atoms with E-state index in [2.05, 4.69) is 32.1 Å². The highest BCUT2D eigenvalue weighted by Gasteiger charge is 2.27. The quantitative estimate of drug-likeness (QED) is 0.0177. The van der Waals surface area contributed by atoms with Gasteiger partial charge in [-0.15, -0.1) is 0 Å². The second-order valence-electron chi connectivity index (χ2n) is 13.7. The number of rotatable bonds is 33. The number of phosphoric acid groups is 1. The van der Waals surface area contributed by atoms with Crippen molar-refractivity contribution in [2.24, 2.45) is 0 Å². The summed E-state index contributed by atoms with van der Waals surface area (Å²) in [5.41, 5.74) is 0. The molecule has 0 amide bonds. The van der Waals surface area contributed by atoms with E-state index in [1.165, 1.54) is 44.9 Å². The van der Waals surface area contributed by atoms with E-state index >= 15 is 0 Å². The molecule has 0 saturated carbocycles. The van der Waals surface area contributed by atoms with Crippen LogP contribution in [0.4, 0.5) is 0 Å². The van der Waals surface area contributed by atoms with Gasteiger partial charge in [0.05, 0.1) is 27.7 Å². The molecule has 292 valence electrons. The van der Waals surface area contributed by atoms with Crippen LogP contribution in [0.3, 0.4) is 0 Å². The summed E-state index contributed by atoms with van der Waals surface area (Å²) in [6.45, 7) is 4.13. The van der Waals surface area contributed by atoms with Gasteiger partial charge in [0.15, 0.2) is 6.10 Å². The Morgan fingerprint density at radius 3 is 1.76 bits per heavy atom. The van der Waals surface area contributed by atoms with E-state index in [1.54, 1.807) is 0 Å². The third kappa shape index (κ3) is 37.0. The SMILES string of the molecule is CC/C=C/C=C/C=C/C=C/C=C/CCCC(=O)OC(COC(=O)CCCCC/C=C/CCCCCCCCC)COP(=O)(O)OCC[N+](C)(C)C. The number of carbonyl (C=O) groups is 2. The highest BCUT2D eigenvalue weighted by Crippen LogP contribution is 2.43. The number of carbonyl (C=O) groups excluding carboxylic acids is 2. The molecule has 51 heavy (non-hydrogen) atoms. The van der Waals surface area contributed by atoms with Gasteiger partial charge in [-0.3, -0.25) is 18.6 Å². The molecule has 9 nitrogen and oxygen atoms in total. The maximum Gasteiger partial charge on any atom is 0.472 e. The zero-order chi connectivity index (χ0) is 37.9. The molecule has 1 N–H and O–H groups in total. The Balaban J connectivity index is 4.60. The molecule has 10 heteroatoms. The summed E-state index contributed by atoms with van der Waals surface area (Å²) in [5.74, 6) is -0.913. The van der Waals surface area contributed by atoms with Crippen molar-refractivity contribution in [3.8, 4) is 0 Å². The van der Waals surface area contributed by atoms with E-state index < -0.39 is 32.5 Å². The molecule has 0 saturated heterocycles. The number of quaternary nitrogens is 1. The first kappa shape index (κ1) is 48.5. The first-order valence-electron chi connectivity index (χ1n) is 19.2. The van der Waals surface area contributed by atoms with Gasteiger partial charge >= 0.3 is 19.8 Å². The molecule has 0 aromatic carbocycles. The topological polar surface area (TPSA) is 108 Å². The van der Waals surface area contributed by atoms with Gasteiger partial charge in [0.1, 0.15) is 19.8 Å². The highest BCUT2D eigenvalue weighted by atomic mass is 31.2. The van der Waals surface area contributed by atoms with Gasteiger partial charge in [0, 0.05) is 12.8 Å². The van der Waals surface area contributed by atoms with Crippen LogP contribution in [0, 0.1) is 0 Å². The Labute approximate surface area is 310 Å². The van der Waals surface area contributed by atoms with E-state index in [1.807, 2.05) is 75.8 Å². The van der Waals surface area contributed by atoms with E-state index in [0.717, 1.165) is 32.1 Å². The van der Waals surface area contributed by atoms with Crippen LogP contribution in [-0.4, -0.2) is 74.9 Å². The monoisotopic (exact) mass is 736 g/mol. The fourth-order valence-electron chi connectivity index (χ4n) is 4.57. The number of allylic oxidation sites excluding steroid dienone is 12. The summed E-state index contributed by atoms with van der Waals surface area (Å²) < 4.78 is 34.0. The van der Waals surface area contributed by atoms with Crippen molar-refractivity contribution in [1.29, 1.82) is 0 Å². The Hall–Kier alpha value is -2.55. The summed E-state index contributed by atoms with van der Waals surface area (Å²) >= 11 is 0. The lowest BCUT2D eigenvalue weighted by Crippen LogP contribution is -2.37. The standard InChI is InChI=1S/C41H70NO8P/c1-6-8-10-12-14-16-18-20-22-23-25-27-29-31-33-40(43)47-37-39(38-49-51(45,46)48-36-35-42(3,4)5)50-41(44)34-32-30-28-26-24-21-19-17-15-13-11-9-7-2/h9,11,13,15,17,19,21-24,26,28,39H,6-8,10,12,14,16,18,20,25,27,29-38H2,1-5H3/p+1/b11-9+,15-13+,19-17+,23-22+,24-21+,28-26+. The van der Waals surface area contributed by atoms with Crippen LogP contribution in [0.15, 0.2) is 72.9 Å². The molecule has 0 heterocycles. The lowest BCUT2D eigenvalue weighted by molar-refractivity contribution is -0.870. The minimum absolute atomic E-state index is 0.0123. The maximum atomic E-state index is 12.6. The van der Waals surface area contributed by atoms with Gasteiger partial charge in [-0.1, -0.05) is 132 Å². The van der Waals surface area contributed by atoms with Gasteiger partial charge in [-0.05, 0) is 51.4 Å². The lowest BCUT2D eigenvalue weighted by Gasteiger charge is -2.24. The van der Waals surface area contributed by atoms with Crippen molar-refractivity contribution in [3.05, 3.63) is 72.9 Å². The fourth-order valence-corrected chi connectivity index (χ4v) is 5.31. The molecule has 0 aliphatic heterocycles. The molecule has 0 spiro atoms. The number of nitrogens with zero attached hydrogens (tertiary/aromatic N) is 1. The molecule has 0 radical (unpaired) electrons. The first-order chi connectivity index (χ1) is 24.5. The predicted octanol–water partition coefficient (Wildman–Crippen LogP) is 10.3. The van der Waals surface area contributed by atoms with Gasteiger partial charge in [-0.25, -0.2) is 4.57 Å². The van der Waals surface area contributed by atoms with Crippen molar-refractivity contribution >= 4 is 19.8 Å². The molecule has 0 fully saturated rings. The minimum atomic E-state index is -4.39. The highest BCUT2D eigenvalue weighted by molar-refractivity contribution is 7.47. The maximum absolute atomic E-state index is 12.6. The van der Waals surface area contributed by atoms with Gasteiger partial charge < -0.3 is 18.9 Å². The third-order valence-corrected chi connectivity index (χ3v) is 8.58. The lowest BCUT2D eigenvalue weighted by atomic mass is 10.1. The normalized spacial score (nSPS) is 14.5. The van der Waals surface area contributed by atoms with Crippen molar-refractivity contribution in [2.45, 2.75) is 129 Å². The molecule has 0 rings (SSSR count). The van der Waals surface area contributed by atoms with Crippen molar-refractivity contribution in [1.82, 2.24) is 0 Å². The summed E-state index contributed by atoms with van der Waals surface area (Å²) in [5, 5.41) is 0. The van der Waals surface area contributed by atoms with E-state index in [0.29, 0.717) is 30.3 Å². The first-order valence-corrected chi connectivity index (χ1v) is 20.7. The third-order valence-electron chi connectivity index (χ3n) is 7.60. The average Bonchev–Trinajstić information content (AvgIpc) is 3.07. The van der Waals surface area contributed by atoms with Crippen molar-refractivity contribution in [2.75, 3.05) is 47.5 Å². The fraction of sp³-hybridized carbons (Fsp3) is 0.659. The molecular formula is C41H71NO8P+. The number of esters is 2. The second kappa shape index (κ2) is 33.3. The Bertz CT molecular complexity index is 1100. The molecule has 0 aromatic heterocycles. The number of hydrogen-bond acceptors (Lipinski definition) is 7. The average molecular weight is 737 g/mol. The number of phosphoric ester groups is 1. The smallest absolute Gasteiger partial charge is 0.462 e. The number of likely N-dealkylation sites (N-methyl/N-ethyl adjacent to an activating group) is 1. The molecule has 2 unspecified atom stereocenters. The molecule has 0 bridgehead atoms. The molecular weight excluding hydrogens is 665 g/mol. The molecule has 0 aromatic rings. The van der Waals surface area contributed by atoms with Crippen LogP contribution >= 0.6 is 7.82 Å². The van der Waals surface area contributed by atoms with Crippen molar-refractivity contribution in [3.63, 3.8) is 0 Å². The van der Waals surface area contributed by atoms with Crippen LogP contribution in [-0.2, 0) is 32.7 Å². The minimum Gasteiger partial charge on any atom is -0.462 e. The van der Waals surface area contributed by atoms with Crippen LogP contribution in [0.1, 0.15) is 123 Å². The molecule has 0 aliphatic carbocycles. The largest absolute Gasteiger partial charge is 0.472 e. The number of ether oxygens (including phenoxy) is 2. The zero-order valence-electron chi connectivity index (χ0n) is 32.6. The Morgan fingerprint density at radius 1 is 0.627 bits per heavy atom. The predicted molar refractivity (Wildman–Crippen MR) is 210 cm³/mol. The zero-order valence-corrected chi connectivity index (χ0v) is 33.4. The van der Waals surface area contributed by atoms with Crippen LogP contribution < -0.4 is 0 Å². The van der Waals surface area contributed by atoms with Gasteiger partial charge in [0.25, 0.3) is 0 Å². The molecule has 0 aliphatic rings. The summed E-state index contributed by atoms with van der Waals surface area (Å²) in [6.07, 6.45) is 39.7. The summed E-state index contributed by atoms with van der Waals surface area (Å²) in [7, 11) is 1.41. The van der Waals surface area contributed by atoms with E-state index in [-0.39, 0.29) is 26.1 Å². The number of hydrogen-bond donors (Lipinski definition) is 1. The van der Waals surface area contributed by atoms with Gasteiger partial charge in [0.2, 0.25) is 0 Å². The summed E-state index contributed by atoms with van der Waals surface area (Å²) in [4.78, 5) is 35.1. The Morgan fingerprint density at radius 2 is 1.16 bits per heavy atom. The Kier molecular flexibility index (Phi) is 31.6. The van der Waals surface area contributed by atoms with Crippen LogP contribution in [0.5, 0.6) is 0 Å². The van der Waals surface area contributed by atoms with E-state index in [4.69, 9.17) is 18.5 Å². The van der Waals surface area contributed by atoms with E-state index in [9.17, 15) is 19.0 Å². The van der Waals surface area contributed by atoms with Crippen LogP contribution in [0.25, 0.3) is 0 Å². The van der Waals surface area contributed by atoms with Crippen LogP contribution in [0.2, 0.25) is 0 Å². The van der Waals surface area contributed by atoms with Gasteiger partial charge in [-0.2, -0.15) is 0 Å². The molecule has 2 atom stereocenters. The summed E-state index contributed by atoms with van der Waals surface area (Å²) in [6, 6.07) is 0.